The summed E-state index contributed by atoms with van der Waals surface area (Å²) in [5.74, 6) is -0.816. The van der Waals surface area contributed by atoms with Crippen LogP contribution in [0.2, 0.25) is 5.02 Å². The van der Waals surface area contributed by atoms with E-state index in [1.165, 1.54) is 5.56 Å². The number of benzene rings is 2. The van der Waals surface area contributed by atoms with Crippen LogP contribution in [0.15, 0.2) is 53.1 Å². The average molecular weight is 463 g/mol. The van der Waals surface area contributed by atoms with Crippen LogP contribution in [0, 0.1) is 0 Å². The molecule has 0 saturated carbocycles. The fourth-order valence-electron chi connectivity index (χ4n) is 3.90. The summed E-state index contributed by atoms with van der Waals surface area (Å²) in [6, 6.07) is 13.1. The molecule has 4 rings (SSSR count). The lowest BCUT2D eigenvalue weighted by Gasteiger charge is -2.37. The van der Waals surface area contributed by atoms with E-state index >= 15 is 0 Å². The van der Waals surface area contributed by atoms with Crippen molar-refractivity contribution in [3.05, 3.63) is 69.3 Å². The van der Waals surface area contributed by atoms with Crippen molar-refractivity contribution < 1.29 is 9.90 Å². The molecule has 1 atom stereocenters. The van der Waals surface area contributed by atoms with Crippen LogP contribution in [0.4, 0.5) is 0 Å². The Bertz CT molecular complexity index is 998. The van der Waals surface area contributed by atoms with Gasteiger partial charge in [0.15, 0.2) is 0 Å². The van der Waals surface area contributed by atoms with Gasteiger partial charge in [-0.1, -0.05) is 39.7 Å². The van der Waals surface area contributed by atoms with Gasteiger partial charge in [-0.05, 0) is 35.9 Å². The summed E-state index contributed by atoms with van der Waals surface area (Å²) in [6.45, 7) is 3.88. The van der Waals surface area contributed by atoms with Crippen LogP contribution in [-0.2, 0) is 11.3 Å². The molecule has 2 heterocycles. The van der Waals surface area contributed by atoms with Crippen molar-refractivity contribution in [3.8, 4) is 0 Å². The molecule has 5 nitrogen and oxygen atoms in total. The largest absolute Gasteiger partial charge is 0.480 e. The molecule has 0 bridgehead atoms. The average Bonchev–Trinajstić information content (AvgIpc) is 3.06. The molecule has 1 aliphatic heterocycles. The number of carboxylic acid groups (broad SMARTS) is 1. The Labute approximate surface area is 177 Å². The topological polar surface area (TPSA) is 59.6 Å². The van der Waals surface area contributed by atoms with E-state index in [-0.39, 0.29) is 0 Å². The molecule has 2 N–H and O–H groups in total. The van der Waals surface area contributed by atoms with Gasteiger partial charge in [0.05, 0.1) is 0 Å². The highest BCUT2D eigenvalue weighted by atomic mass is 79.9. The smallest absolute Gasteiger partial charge is 0.325 e. The number of carboxylic acids is 1. The first-order valence-corrected chi connectivity index (χ1v) is 10.4. The zero-order valence-corrected chi connectivity index (χ0v) is 17.6. The number of halogens is 2. The van der Waals surface area contributed by atoms with Crippen LogP contribution in [-0.4, -0.2) is 52.0 Å². The number of aromatic nitrogens is 1. The molecule has 0 aliphatic carbocycles. The summed E-state index contributed by atoms with van der Waals surface area (Å²) in [5.41, 5.74) is 2.94. The van der Waals surface area contributed by atoms with Crippen LogP contribution in [0.3, 0.4) is 0 Å². The SMILES string of the molecule is O=C(O)C(c1c[nH]c2ccc(Br)cc12)N1CCN(Cc2cccc(Cl)c2)CC1. The Morgan fingerprint density at radius 3 is 2.68 bits per heavy atom. The number of nitrogens with one attached hydrogen (secondary N) is 1. The number of aliphatic carboxylic acids is 1. The maximum Gasteiger partial charge on any atom is 0.325 e. The Kier molecular flexibility index (Phi) is 5.73. The van der Waals surface area contributed by atoms with E-state index in [2.05, 4.69) is 36.8 Å². The van der Waals surface area contributed by atoms with Crippen molar-refractivity contribution >= 4 is 44.4 Å². The van der Waals surface area contributed by atoms with Gasteiger partial charge in [0.2, 0.25) is 0 Å². The summed E-state index contributed by atoms with van der Waals surface area (Å²) in [6.07, 6.45) is 1.83. The van der Waals surface area contributed by atoms with Crippen LogP contribution >= 0.6 is 27.5 Å². The second-order valence-electron chi connectivity index (χ2n) is 7.12. The normalized spacial score (nSPS) is 17.1. The molecule has 0 spiro atoms. The third kappa shape index (κ3) is 4.10. The Morgan fingerprint density at radius 1 is 1.18 bits per heavy atom. The van der Waals surface area contributed by atoms with Gasteiger partial charge in [0.1, 0.15) is 6.04 Å². The summed E-state index contributed by atoms with van der Waals surface area (Å²) < 4.78 is 0.941. The maximum atomic E-state index is 12.1. The lowest BCUT2D eigenvalue weighted by atomic mass is 10.0. The molecule has 0 amide bonds. The first-order chi connectivity index (χ1) is 13.5. The number of hydrogen-bond donors (Lipinski definition) is 2. The fraction of sp³-hybridized carbons (Fsp3) is 0.286. The minimum Gasteiger partial charge on any atom is -0.480 e. The van der Waals surface area contributed by atoms with Crippen LogP contribution in [0.25, 0.3) is 10.9 Å². The highest BCUT2D eigenvalue weighted by Gasteiger charge is 2.32. The number of piperazine rings is 1. The number of H-pyrrole nitrogens is 1. The molecule has 1 saturated heterocycles. The monoisotopic (exact) mass is 461 g/mol. The molecule has 1 aliphatic rings. The van der Waals surface area contributed by atoms with Crippen molar-refractivity contribution in [2.24, 2.45) is 0 Å². The van der Waals surface area contributed by atoms with Crippen LogP contribution in [0.1, 0.15) is 17.2 Å². The Balaban J connectivity index is 1.49. The summed E-state index contributed by atoms with van der Waals surface area (Å²) in [5, 5.41) is 11.7. The zero-order chi connectivity index (χ0) is 19.7. The molecule has 2 aromatic carbocycles. The lowest BCUT2D eigenvalue weighted by molar-refractivity contribution is -0.144. The first kappa shape index (κ1) is 19.5. The molecule has 146 valence electrons. The fourth-order valence-corrected chi connectivity index (χ4v) is 4.47. The number of rotatable bonds is 5. The molecule has 28 heavy (non-hydrogen) atoms. The number of carbonyl (C=O) groups is 1. The molecule has 1 aromatic heterocycles. The van der Waals surface area contributed by atoms with Crippen molar-refractivity contribution in [3.63, 3.8) is 0 Å². The summed E-state index contributed by atoms with van der Waals surface area (Å²) in [7, 11) is 0. The molecule has 7 heteroatoms. The Morgan fingerprint density at radius 2 is 1.96 bits per heavy atom. The highest BCUT2D eigenvalue weighted by Crippen LogP contribution is 2.31. The minimum absolute atomic E-state index is 0.656. The van der Waals surface area contributed by atoms with E-state index in [0.29, 0.717) is 13.1 Å². The predicted octanol–water partition coefficient (Wildman–Crippen LogP) is 4.53. The van der Waals surface area contributed by atoms with E-state index in [1.54, 1.807) is 0 Å². The molecular weight excluding hydrogens is 442 g/mol. The molecule has 3 aromatic rings. The van der Waals surface area contributed by atoms with E-state index in [1.807, 2.05) is 42.6 Å². The number of aromatic amines is 1. The van der Waals surface area contributed by atoms with Crippen LogP contribution < -0.4 is 0 Å². The molecule has 0 radical (unpaired) electrons. The van der Waals surface area contributed by atoms with Gasteiger partial charge in [-0.25, -0.2) is 0 Å². The molecule has 1 fully saturated rings. The third-order valence-corrected chi connectivity index (χ3v) is 6.00. The first-order valence-electron chi connectivity index (χ1n) is 9.21. The van der Waals surface area contributed by atoms with Crippen LogP contribution in [0.5, 0.6) is 0 Å². The third-order valence-electron chi connectivity index (χ3n) is 5.27. The number of hydrogen-bond acceptors (Lipinski definition) is 3. The maximum absolute atomic E-state index is 12.1. The number of fused-ring (bicyclic) bond motifs is 1. The van der Waals surface area contributed by atoms with Gasteiger partial charge >= 0.3 is 5.97 Å². The second-order valence-corrected chi connectivity index (χ2v) is 8.47. The second kappa shape index (κ2) is 8.25. The van der Waals surface area contributed by atoms with E-state index < -0.39 is 12.0 Å². The van der Waals surface area contributed by atoms with E-state index in [4.69, 9.17) is 11.6 Å². The Hall–Kier alpha value is -1.86. The van der Waals surface area contributed by atoms with Gasteiger partial charge in [-0.2, -0.15) is 0 Å². The van der Waals surface area contributed by atoms with Gasteiger partial charge in [-0.3, -0.25) is 14.6 Å². The molecular formula is C21H21BrClN3O2. The predicted molar refractivity (Wildman–Crippen MR) is 115 cm³/mol. The van der Waals surface area contributed by atoms with Crippen molar-refractivity contribution in [2.75, 3.05) is 26.2 Å². The van der Waals surface area contributed by atoms with E-state index in [9.17, 15) is 9.90 Å². The highest BCUT2D eigenvalue weighted by molar-refractivity contribution is 9.10. The van der Waals surface area contributed by atoms with Crippen molar-refractivity contribution in [1.29, 1.82) is 0 Å². The summed E-state index contributed by atoms with van der Waals surface area (Å²) >= 11 is 9.57. The van der Waals surface area contributed by atoms with Gasteiger partial charge in [0.25, 0.3) is 0 Å². The number of nitrogens with zero attached hydrogens (tertiary/aromatic N) is 2. The van der Waals surface area contributed by atoms with Gasteiger partial charge in [-0.15, -0.1) is 0 Å². The van der Waals surface area contributed by atoms with Crippen molar-refractivity contribution in [2.45, 2.75) is 12.6 Å². The summed E-state index contributed by atoms with van der Waals surface area (Å²) in [4.78, 5) is 19.7. The molecule has 1 unspecified atom stereocenters. The van der Waals surface area contributed by atoms with Crippen molar-refractivity contribution in [1.82, 2.24) is 14.8 Å². The zero-order valence-electron chi connectivity index (χ0n) is 15.2. The quantitative estimate of drug-likeness (QED) is 0.585. The van der Waals surface area contributed by atoms with Gasteiger partial charge in [0, 0.05) is 64.9 Å². The van der Waals surface area contributed by atoms with Gasteiger partial charge < -0.3 is 10.1 Å². The standard InChI is InChI=1S/C21H21BrClN3O2/c22-15-4-5-19-17(11-15)18(12-24-19)20(21(27)28)26-8-6-25(7-9-26)13-14-2-1-3-16(23)10-14/h1-5,10-12,20,24H,6-9,13H2,(H,27,28). The lowest BCUT2D eigenvalue weighted by Crippen LogP contribution is -2.48. The minimum atomic E-state index is -0.816. The van der Waals surface area contributed by atoms with E-state index in [0.717, 1.165) is 45.6 Å².